The van der Waals surface area contributed by atoms with Crippen LogP contribution in [0.15, 0.2) is 47.9 Å². The van der Waals surface area contributed by atoms with Crippen molar-refractivity contribution in [1.82, 2.24) is 14.8 Å². The van der Waals surface area contributed by atoms with Crippen molar-refractivity contribution in [3.8, 4) is 11.4 Å². The number of aliphatic hydroxyl groups is 2. The van der Waals surface area contributed by atoms with Gasteiger partial charge in [0.05, 0.1) is 24.2 Å². The summed E-state index contributed by atoms with van der Waals surface area (Å²) in [7, 11) is 0. The van der Waals surface area contributed by atoms with Crippen LogP contribution in [-0.2, 0) is 0 Å². The van der Waals surface area contributed by atoms with E-state index >= 15 is 0 Å². The Kier molecular flexibility index (Phi) is 7.22. The second kappa shape index (κ2) is 9.87. The molecule has 0 unspecified atom stereocenters. The van der Waals surface area contributed by atoms with E-state index in [-0.39, 0.29) is 11.7 Å². The summed E-state index contributed by atoms with van der Waals surface area (Å²) in [6, 6.07) is 6.03. The van der Waals surface area contributed by atoms with Gasteiger partial charge < -0.3 is 19.8 Å². The fourth-order valence-corrected chi connectivity index (χ4v) is 3.94. The van der Waals surface area contributed by atoms with Gasteiger partial charge in [0.15, 0.2) is 10.6 Å². The summed E-state index contributed by atoms with van der Waals surface area (Å²) in [6.45, 7) is 10.5. The van der Waals surface area contributed by atoms with Crippen LogP contribution in [0.25, 0.3) is 11.3 Å². The highest BCUT2D eigenvalue weighted by molar-refractivity contribution is 7.71. The molecule has 1 aliphatic heterocycles. The third-order valence-electron chi connectivity index (χ3n) is 5.20. The van der Waals surface area contributed by atoms with Gasteiger partial charge in [0.1, 0.15) is 18.1 Å². The molecule has 1 aromatic carbocycles. The van der Waals surface area contributed by atoms with Gasteiger partial charge in [0.25, 0.3) is 0 Å². The predicted molar refractivity (Wildman–Crippen MR) is 127 cm³/mol. The maximum absolute atomic E-state index is 10.3. The fraction of sp³-hybridized carbons (Fsp3) is 0.391. The average Bonchev–Trinajstić information content (AvgIpc) is 3.13. The highest BCUT2D eigenvalue weighted by Crippen LogP contribution is 2.34. The topological polar surface area (TPSA) is 86.5 Å². The number of benzene rings is 1. The largest absolute Gasteiger partial charge is 0.515 e. The smallest absolute Gasteiger partial charge is 0.200 e. The number of H-pyrrole nitrogens is 1. The summed E-state index contributed by atoms with van der Waals surface area (Å²) in [5.74, 6) is 1.59. The SMILES string of the molecule is CCCN1CCOc2ccc(-n3c(/C(C)=C/C(=C(O)\C=C\O)C(C)C)n[nH]c3=S)cc21. The van der Waals surface area contributed by atoms with Crippen LogP contribution in [0.1, 0.15) is 39.9 Å². The van der Waals surface area contributed by atoms with Crippen LogP contribution in [0, 0.1) is 10.7 Å². The molecule has 1 aliphatic rings. The van der Waals surface area contributed by atoms with Crippen LogP contribution in [-0.4, -0.2) is 44.7 Å². The van der Waals surface area contributed by atoms with E-state index in [0.717, 1.165) is 48.5 Å². The van der Waals surface area contributed by atoms with Gasteiger partial charge in [-0.15, -0.1) is 0 Å². The van der Waals surface area contributed by atoms with Gasteiger partial charge in [-0.3, -0.25) is 9.67 Å². The van der Waals surface area contributed by atoms with Gasteiger partial charge in [-0.2, -0.15) is 5.10 Å². The van der Waals surface area contributed by atoms with Crippen molar-refractivity contribution in [3.63, 3.8) is 0 Å². The number of hydrogen-bond acceptors (Lipinski definition) is 6. The number of aliphatic hydroxyl groups excluding tert-OH is 2. The summed E-state index contributed by atoms with van der Waals surface area (Å²) in [6.07, 6.45) is 5.01. The molecule has 2 aromatic rings. The van der Waals surface area contributed by atoms with E-state index in [4.69, 9.17) is 22.1 Å². The number of allylic oxidation sites excluding steroid dienone is 4. The molecule has 0 aliphatic carbocycles. The standard InChI is InChI=1S/C23H30N4O3S/c1-5-9-26-10-12-30-21-7-6-17(14-19(21)26)27-22(24-25-23(27)31)16(4)13-18(15(2)3)20(29)8-11-28/h6-8,11,13-15,28-29H,5,9-10,12H2,1-4H3,(H,25,31)/b11-8+,16-13+,20-18-. The first-order valence-electron chi connectivity index (χ1n) is 10.5. The minimum atomic E-state index is 0.0127. The van der Waals surface area contributed by atoms with Gasteiger partial charge in [0, 0.05) is 12.6 Å². The zero-order valence-corrected chi connectivity index (χ0v) is 19.2. The van der Waals surface area contributed by atoms with E-state index in [0.29, 0.717) is 22.8 Å². The first kappa shape index (κ1) is 22.7. The van der Waals surface area contributed by atoms with Crippen LogP contribution in [0.4, 0.5) is 5.69 Å². The van der Waals surface area contributed by atoms with Crippen molar-refractivity contribution in [2.24, 2.45) is 5.92 Å². The Morgan fingerprint density at radius 1 is 1.39 bits per heavy atom. The Balaban J connectivity index is 2.09. The van der Waals surface area contributed by atoms with Crippen molar-refractivity contribution < 1.29 is 14.9 Å². The Morgan fingerprint density at radius 2 is 2.16 bits per heavy atom. The maximum atomic E-state index is 10.3. The van der Waals surface area contributed by atoms with E-state index < -0.39 is 0 Å². The molecule has 1 aromatic heterocycles. The minimum Gasteiger partial charge on any atom is -0.515 e. The van der Waals surface area contributed by atoms with Gasteiger partial charge in [-0.25, -0.2) is 0 Å². The number of nitrogens with one attached hydrogen (secondary N) is 1. The Morgan fingerprint density at radius 3 is 2.84 bits per heavy atom. The van der Waals surface area contributed by atoms with Gasteiger partial charge in [0.2, 0.25) is 0 Å². The minimum absolute atomic E-state index is 0.0127. The second-order valence-electron chi connectivity index (χ2n) is 7.81. The Bertz CT molecular complexity index is 1080. The van der Waals surface area contributed by atoms with Crippen LogP contribution in [0.5, 0.6) is 5.75 Å². The van der Waals surface area contributed by atoms with E-state index in [1.54, 1.807) is 0 Å². The summed E-state index contributed by atoms with van der Waals surface area (Å²) in [4.78, 5) is 2.33. The van der Waals surface area contributed by atoms with Crippen molar-refractivity contribution in [2.75, 3.05) is 24.6 Å². The van der Waals surface area contributed by atoms with Crippen LogP contribution < -0.4 is 9.64 Å². The first-order valence-corrected chi connectivity index (χ1v) is 10.9. The molecule has 3 rings (SSSR count). The molecule has 31 heavy (non-hydrogen) atoms. The normalized spacial score (nSPS) is 15.3. The lowest BCUT2D eigenvalue weighted by atomic mass is 9.99. The third-order valence-corrected chi connectivity index (χ3v) is 5.47. The maximum Gasteiger partial charge on any atom is 0.200 e. The van der Waals surface area contributed by atoms with Gasteiger partial charge in [-0.05, 0) is 66.9 Å². The molecule has 0 amide bonds. The molecule has 0 spiro atoms. The molecule has 0 bridgehead atoms. The number of ether oxygens (including phenoxy) is 1. The molecular weight excluding hydrogens is 412 g/mol. The van der Waals surface area contributed by atoms with Crippen molar-refractivity contribution in [3.05, 3.63) is 58.5 Å². The quantitative estimate of drug-likeness (QED) is 0.299. The van der Waals surface area contributed by atoms with Gasteiger partial charge >= 0.3 is 0 Å². The summed E-state index contributed by atoms with van der Waals surface area (Å²) in [5, 5.41) is 26.6. The molecule has 0 saturated heterocycles. The lowest BCUT2D eigenvalue weighted by Crippen LogP contribution is -2.33. The number of anilines is 1. The number of rotatable bonds is 7. The van der Waals surface area contributed by atoms with Crippen molar-refractivity contribution in [1.29, 1.82) is 0 Å². The molecule has 7 nitrogen and oxygen atoms in total. The monoisotopic (exact) mass is 442 g/mol. The molecular formula is C23H30N4O3S. The van der Waals surface area contributed by atoms with E-state index in [1.165, 1.54) is 6.08 Å². The number of nitrogens with zero attached hydrogens (tertiary/aromatic N) is 3. The van der Waals surface area contributed by atoms with Crippen molar-refractivity contribution >= 4 is 23.5 Å². The summed E-state index contributed by atoms with van der Waals surface area (Å²) in [5.41, 5.74) is 3.46. The molecule has 3 N–H and O–H groups in total. The molecule has 0 radical (unpaired) electrons. The van der Waals surface area contributed by atoms with Crippen LogP contribution in [0.3, 0.4) is 0 Å². The zero-order chi connectivity index (χ0) is 22.5. The highest BCUT2D eigenvalue weighted by Gasteiger charge is 2.20. The van der Waals surface area contributed by atoms with E-state index in [9.17, 15) is 5.11 Å². The molecule has 0 fully saturated rings. The lowest BCUT2D eigenvalue weighted by molar-refractivity contribution is 0.307. The number of fused-ring (bicyclic) bond motifs is 1. The Labute approximate surface area is 188 Å². The number of aromatic amines is 1. The fourth-order valence-electron chi connectivity index (χ4n) is 3.70. The third kappa shape index (κ3) is 4.85. The summed E-state index contributed by atoms with van der Waals surface area (Å²) >= 11 is 5.54. The first-order chi connectivity index (χ1) is 14.9. The summed E-state index contributed by atoms with van der Waals surface area (Å²) < 4.78 is 8.20. The van der Waals surface area contributed by atoms with Crippen LogP contribution in [0.2, 0.25) is 0 Å². The second-order valence-corrected chi connectivity index (χ2v) is 8.20. The lowest BCUT2D eigenvalue weighted by Gasteiger charge is -2.31. The molecule has 0 atom stereocenters. The molecule has 2 heterocycles. The molecule has 0 saturated carbocycles. The number of aromatic nitrogens is 3. The zero-order valence-electron chi connectivity index (χ0n) is 18.4. The van der Waals surface area contributed by atoms with E-state index in [2.05, 4.69) is 28.1 Å². The van der Waals surface area contributed by atoms with Gasteiger partial charge in [-0.1, -0.05) is 20.8 Å². The molecule has 8 heteroatoms. The highest BCUT2D eigenvalue weighted by atomic mass is 32.1. The Hall–Kier alpha value is -3.00. The van der Waals surface area contributed by atoms with Crippen LogP contribution >= 0.6 is 12.2 Å². The number of hydrogen-bond donors (Lipinski definition) is 3. The average molecular weight is 443 g/mol. The molecule has 166 valence electrons. The predicted octanol–water partition coefficient (Wildman–Crippen LogP) is 5.48. The van der Waals surface area contributed by atoms with E-state index in [1.807, 2.05) is 43.5 Å². The van der Waals surface area contributed by atoms with Crippen molar-refractivity contribution in [2.45, 2.75) is 34.1 Å².